The quantitative estimate of drug-likeness (QED) is 0.00786. The van der Waals surface area contributed by atoms with Crippen molar-refractivity contribution in [3.05, 3.63) is 233 Å². The van der Waals surface area contributed by atoms with Crippen molar-refractivity contribution in [2.45, 2.75) is 84.5 Å². The standard InChI is InChI=1S/C34H42N2O5.C16H6O7.C14H18N2O4.C10H2O6.C9H6O6/c1-25(2)33(37)41-32-18-14-27(15-19-32)26-12-16-31(17-13-26)39-20-10-8-6-4-3-5-7-9-11-21-40-34(38)28-22-29(35)24-30(36)23-28;17-13-9-3-1-7(5-11(9)15(19)22-13)21-8-2-4-10-12(6-8)16(20)23-14(10)18;1-9(2)13(17)19-4-3-5-20-14(18)10-6-11(15)8-12(16)7-10;11-7-3-1-4-6(10(14)16-8(4)12)2-5(3)9(13)15-7;10-6-2-1-3(7(11)14-6)5-4(2)8(12)15-9(5)13/h12-19,22-24H,1,3-11,20-21,35-36H2,2H3;1-6H;6-8H,1,3-5,15-16H2,2H3;1-2H;2-5H,1H2. The number of nitrogens with two attached hydrogens (primary N) is 4. The SMILES string of the molecule is C=C(C)C(=O)OCCCOC(=O)c1cc(N)cc(N)c1.C=C(C)C(=O)Oc1ccc(-c2ccc(OCCCCCCCCCCCOC(=O)c3cc(N)cc(N)c3)cc2)cc1.O=C1OC(=O)C2CC1C1C(=O)OC(=O)C21.O=C1OC(=O)c2cc(Oc3ccc4c(c3)C(=O)OC4=O)ccc21.O=c1oc(=O)c2cc3c(=O)oc(=O)c3cc12. The molecule has 1 saturated carbocycles. The van der Waals surface area contributed by atoms with Crippen LogP contribution in [0.15, 0.2) is 186 Å². The Kier molecular flexibility index (Phi) is 27.1. The smallest absolute Gasteiger partial charge is 0.347 e. The number of carbonyl (C=O) groups excluding carboxylic acids is 12. The van der Waals surface area contributed by atoms with Gasteiger partial charge in [0.05, 0.1) is 105 Å². The van der Waals surface area contributed by atoms with Gasteiger partial charge in [-0.05, 0) is 153 Å². The third-order valence-corrected chi connectivity index (χ3v) is 18.1. The van der Waals surface area contributed by atoms with Gasteiger partial charge in [-0.3, -0.25) is 19.2 Å². The van der Waals surface area contributed by atoms with E-state index >= 15 is 0 Å². The predicted octanol–water partition coefficient (Wildman–Crippen LogP) is 9.88. The summed E-state index contributed by atoms with van der Waals surface area (Å²) in [5, 5.41) is -0.0726. The van der Waals surface area contributed by atoms with E-state index in [1.165, 1.54) is 74.2 Å². The van der Waals surface area contributed by atoms with Crippen LogP contribution in [0.25, 0.3) is 32.7 Å². The lowest BCUT2D eigenvalue weighted by Crippen LogP contribution is -2.32. The molecule has 0 amide bonds. The van der Waals surface area contributed by atoms with Gasteiger partial charge in [-0.2, -0.15) is 0 Å². The van der Waals surface area contributed by atoms with Gasteiger partial charge in [0.25, 0.3) is 0 Å². The van der Waals surface area contributed by atoms with Crippen molar-refractivity contribution in [3.63, 3.8) is 0 Å². The number of hydrogen-bond donors (Lipinski definition) is 4. The molecule has 5 aliphatic rings. The molecule has 594 valence electrons. The number of benzene rings is 7. The predicted molar refractivity (Wildman–Crippen MR) is 408 cm³/mol. The topological polar surface area (TPSA) is 496 Å². The van der Waals surface area contributed by atoms with E-state index in [0.29, 0.717) is 70.4 Å². The van der Waals surface area contributed by atoms with Crippen LogP contribution in [-0.2, 0) is 61.9 Å². The highest BCUT2D eigenvalue weighted by Crippen LogP contribution is 2.50. The molecule has 0 radical (unpaired) electrons. The zero-order chi connectivity index (χ0) is 82.9. The molecule has 8 N–H and O–H groups in total. The van der Waals surface area contributed by atoms with E-state index in [1.807, 2.05) is 36.4 Å². The van der Waals surface area contributed by atoms with Crippen LogP contribution in [-0.4, -0.2) is 98.1 Å². The zero-order valence-electron chi connectivity index (χ0n) is 61.8. The third kappa shape index (κ3) is 21.2. The maximum atomic E-state index is 12.1. The highest BCUT2D eigenvalue weighted by Gasteiger charge is 2.65. The molecule has 32 heteroatoms. The first kappa shape index (κ1) is 83.0. The molecule has 3 fully saturated rings. The van der Waals surface area contributed by atoms with Gasteiger partial charge in [-0.15, -0.1) is 0 Å². The van der Waals surface area contributed by atoms with Crippen molar-refractivity contribution in [3.8, 4) is 34.1 Å². The van der Waals surface area contributed by atoms with Crippen LogP contribution in [0, 0.1) is 23.7 Å². The lowest BCUT2D eigenvalue weighted by atomic mass is 9.90. The Labute approximate surface area is 651 Å². The Hall–Kier alpha value is -14.5. The Bertz CT molecular complexity index is 5290. The maximum Gasteiger partial charge on any atom is 0.347 e. The molecule has 115 heavy (non-hydrogen) atoms. The molecule has 7 aromatic carbocycles. The van der Waals surface area contributed by atoms with E-state index in [0.717, 1.165) is 61.1 Å². The molecule has 32 nitrogen and oxygen atoms in total. The van der Waals surface area contributed by atoms with E-state index in [1.54, 1.807) is 50.2 Å². The number of rotatable bonds is 25. The maximum absolute atomic E-state index is 12.1. The minimum absolute atomic E-state index is 0.0181. The Morgan fingerprint density at radius 1 is 0.365 bits per heavy atom. The van der Waals surface area contributed by atoms with Gasteiger partial charge in [-0.1, -0.05) is 82.4 Å². The second-order valence-corrected chi connectivity index (χ2v) is 26.7. The van der Waals surface area contributed by atoms with E-state index in [2.05, 4.69) is 40.9 Å². The number of furan rings is 2. The number of ether oxygens (including phenoxy) is 10. The lowest BCUT2D eigenvalue weighted by molar-refractivity contribution is -0.174. The van der Waals surface area contributed by atoms with Gasteiger partial charge in [0.1, 0.15) is 23.0 Å². The van der Waals surface area contributed by atoms with Crippen molar-refractivity contribution in [2.75, 3.05) is 49.4 Å². The van der Waals surface area contributed by atoms with Crippen LogP contribution >= 0.6 is 0 Å². The number of anilines is 4. The van der Waals surface area contributed by atoms with Crippen LogP contribution in [0.3, 0.4) is 0 Å². The van der Waals surface area contributed by atoms with Gasteiger partial charge in [0, 0.05) is 40.3 Å². The molecule has 4 aliphatic heterocycles. The second-order valence-electron chi connectivity index (χ2n) is 26.7. The molecule has 2 bridgehead atoms. The molecule has 9 aromatic rings. The van der Waals surface area contributed by atoms with Crippen LogP contribution in [0.4, 0.5) is 22.7 Å². The molecule has 2 saturated heterocycles. The summed E-state index contributed by atoms with van der Waals surface area (Å²) in [6.07, 6.45) is 10.8. The molecule has 4 unspecified atom stereocenters. The summed E-state index contributed by atoms with van der Waals surface area (Å²) in [6, 6.07) is 35.6. The normalized spacial score (nSPS) is 15.7. The summed E-state index contributed by atoms with van der Waals surface area (Å²) >= 11 is 0. The van der Waals surface area contributed by atoms with Gasteiger partial charge >= 0.3 is 94.1 Å². The minimum Gasteiger partial charge on any atom is -0.494 e. The van der Waals surface area contributed by atoms with Gasteiger partial charge in [0.15, 0.2) is 0 Å². The third-order valence-electron chi connectivity index (χ3n) is 18.1. The van der Waals surface area contributed by atoms with Gasteiger partial charge in [0.2, 0.25) is 0 Å². The molecule has 1 aliphatic carbocycles. The molecular weight excluding hydrogens is 1500 g/mol. The first-order chi connectivity index (χ1) is 54.9. The molecule has 6 heterocycles. The number of unbranched alkanes of at least 4 members (excludes halogenated alkanes) is 8. The first-order valence-electron chi connectivity index (χ1n) is 35.8. The summed E-state index contributed by atoms with van der Waals surface area (Å²) < 4.78 is 58.5. The Morgan fingerprint density at radius 2 is 0.713 bits per heavy atom. The van der Waals surface area contributed by atoms with Crippen molar-refractivity contribution in [1.82, 2.24) is 0 Å². The zero-order valence-corrected chi connectivity index (χ0v) is 61.8. The van der Waals surface area contributed by atoms with Crippen LogP contribution in [0.1, 0.15) is 147 Å². The number of cyclic esters (lactones) is 8. The number of fused-ring (bicyclic) bond motifs is 9. The number of carbonyl (C=O) groups is 12. The largest absolute Gasteiger partial charge is 0.494 e. The van der Waals surface area contributed by atoms with Crippen molar-refractivity contribution < 1.29 is 114 Å². The van der Waals surface area contributed by atoms with Crippen LogP contribution in [0.5, 0.6) is 23.0 Å². The molecule has 4 atom stereocenters. The van der Waals surface area contributed by atoms with E-state index in [-0.39, 0.29) is 80.9 Å². The highest BCUT2D eigenvalue weighted by atomic mass is 16.6. The van der Waals surface area contributed by atoms with Crippen LogP contribution < -0.4 is 59.6 Å². The summed E-state index contributed by atoms with van der Waals surface area (Å²) in [4.78, 5) is 182. The number of esters is 12. The fourth-order valence-corrected chi connectivity index (χ4v) is 12.4. The number of nitrogen functional groups attached to an aromatic ring is 4. The Morgan fingerprint density at radius 3 is 1.12 bits per heavy atom. The summed E-state index contributed by atoms with van der Waals surface area (Å²) in [6.45, 7) is 11.7. The van der Waals surface area contributed by atoms with E-state index in [4.69, 9.17) is 51.4 Å². The fraction of sp³-hybridized carbons (Fsp3) is 0.253. The number of hydrogen-bond acceptors (Lipinski definition) is 32. The molecule has 2 aromatic heterocycles. The first-order valence-corrected chi connectivity index (χ1v) is 35.8. The Balaban J connectivity index is 0.000000161. The van der Waals surface area contributed by atoms with Crippen molar-refractivity contribution >= 4 is 116 Å². The molecule has 14 rings (SSSR count). The van der Waals surface area contributed by atoms with Crippen molar-refractivity contribution in [2.24, 2.45) is 23.7 Å². The summed E-state index contributed by atoms with van der Waals surface area (Å²) in [5.74, 6) is -8.53. The van der Waals surface area contributed by atoms with Crippen LogP contribution in [0.2, 0.25) is 0 Å². The van der Waals surface area contributed by atoms with E-state index < -0.39 is 112 Å². The lowest BCUT2D eigenvalue weighted by Gasteiger charge is -2.18. The second kappa shape index (κ2) is 37.5. The summed E-state index contributed by atoms with van der Waals surface area (Å²) in [7, 11) is 0. The van der Waals surface area contributed by atoms with Gasteiger partial charge in [-0.25, -0.2) is 57.5 Å². The van der Waals surface area contributed by atoms with Crippen molar-refractivity contribution in [1.29, 1.82) is 0 Å². The minimum atomic E-state index is -0.824. The average molecular weight is 1580 g/mol. The van der Waals surface area contributed by atoms with Gasteiger partial charge < -0.3 is 79.1 Å². The monoisotopic (exact) mass is 1570 g/mol. The molecular formula is C83H74N4O28. The summed E-state index contributed by atoms with van der Waals surface area (Å²) in [5.41, 5.74) is 25.1. The average Bonchev–Trinajstić information content (AvgIpc) is 1.56. The molecule has 0 spiro atoms. The fourth-order valence-electron chi connectivity index (χ4n) is 12.4. The van der Waals surface area contributed by atoms with E-state index in [9.17, 15) is 76.7 Å². The highest BCUT2D eigenvalue weighted by molar-refractivity contribution is 6.16.